The van der Waals surface area contributed by atoms with Gasteiger partial charge in [-0.05, 0) is 41.8 Å². The molecule has 152 valence electrons. The zero-order valence-corrected chi connectivity index (χ0v) is 16.8. The highest BCUT2D eigenvalue weighted by Gasteiger charge is 2.30. The molecule has 0 spiro atoms. The van der Waals surface area contributed by atoms with Gasteiger partial charge in [0.05, 0.1) is 25.7 Å². The molecule has 0 bridgehead atoms. The summed E-state index contributed by atoms with van der Waals surface area (Å²) in [6, 6.07) is 15.8. The van der Waals surface area contributed by atoms with Crippen LogP contribution in [-0.2, 0) is 20.7 Å². The zero-order valence-electron chi connectivity index (χ0n) is 16.8. The van der Waals surface area contributed by atoms with Gasteiger partial charge in [0.25, 0.3) is 0 Å². The van der Waals surface area contributed by atoms with Crippen molar-refractivity contribution < 1.29 is 14.3 Å². The second kappa shape index (κ2) is 8.66. The van der Waals surface area contributed by atoms with E-state index in [1.807, 2.05) is 47.4 Å². The average Bonchev–Trinajstić information content (AvgIpc) is 2.75. The number of carbonyl (C=O) groups excluding carboxylic acids is 2. The van der Waals surface area contributed by atoms with E-state index >= 15 is 0 Å². The van der Waals surface area contributed by atoms with Gasteiger partial charge in [0.2, 0.25) is 11.8 Å². The van der Waals surface area contributed by atoms with Crippen LogP contribution in [0, 0.1) is 0 Å². The van der Waals surface area contributed by atoms with Crippen LogP contribution in [0.5, 0.6) is 0 Å². The molecule has 2 amide bonds. The van der Waals surface area contributed by atoms with Gasteiger partial charge in [-0.15, -0.1) is 0 Å². The number of morpholine rings is 1. The summed E-state index contributed by atoms with van der Waals surface area (Å²) in [6.07, 6.45) is 1.08. The van der Waals surface area contributed by atoms with E-state index in [0.717, 1.165) is 49.7 Å². The van der Waals surface area contributed by atoms with E-state index in [1.54, 1.807) is 6.92 Å². The zero-order chi connectivity index (χ0) is 20.2. The number of ether oxygens (including phenoxy) is 1. The Morgan fingerprint density at radius 1 is 1.03 bits per heavy atom. The van der Waals surface area contributed by atoms with Gasteiger partial charge in [0, 0.05) is 37.9 Å². The lowest BCUT2D eigenvalue weighted by atomic mass is 9.90. The third-order valence-electron chi connectivity index (χ3n) is 5.72. The fourth-order valence-electron chi connectivity index (χ4n) is 4.21. The number of nitrogens with zero attached hydrogens (tertiary/aromatic N) is 2. The first-order valence-corrected chi connectivity index (χ1v) is 10.2. The van der Waals surface area contributed by atoms with Crippen molar-refractivity contribution in [3.8, 4) is 0 Å². The highest BCUT2D eigenvalue weighted by molar-refractivity contribution is 5.92. The first-order chi connectivity index (χ1) is 14.1. The third-order valence-corrected chi connectivity index (χ3v) is 5.72. The fourth-order valence-corrected chi connectivity index (χ4v) is 4.21. The van der Waals surface area contributed by atoms with Crippen molar-refractivity contribution in [2.75, 3.05) is 43.1 Å². The van der Waals surface area contributed by atoms with Gasteiger partial charge < -0.3 is 19.9 Å². The van der Waals surface area contributed by atoms with Crippen LogP contribution >= 0.6 is 0 Å². The summed E-state index contributed by atoms with van der Waals surface area (Å²) >= 11 is 0. The predicted molar refractivity (Wildman–Crippen MR) is 113 cm³/mol. The molecule has 6 heteroatoms. The second-order valence-electron chi connectivity index (χ2n) is 7.58. The van der Waals surface area contributed by atoms with E-state index in [-0.39, 0.29) is 24.3 Å². The molecule has 29 heavy (non-hydrogen) atoms. The van der Waals surface area contributed by atoms with E-state index in [2.05, 4.69) is 16.3 Å². The molecule has 0 saturated carbocycles. The molecule has 1 atom stereocenters. The van der Waals surface area contributed by atoms with Crippen LogP contribution in [0.15, 0.2) is 48.5 Å². The van der Waals surface area contributed by atoms with Gasteiger partial charge in [0.15, 0.2) is 0 Å². The fraction of sp³-hybridized carbons (Fsp3) is 0.391. The number of carbonyl (C=O) groups is 2. The van der Waals surface area contributed by atoms with Gasteiger partial charge in [-0.3, -0.25) is 9.59 Å². The Hall–Kier alpha value is -2.86. The van der Waals surface area contributed by atoms with Crippen molar-refractivity contribution in [2.45, 2.75) is 25.8 Å². The van der Waals surface area contributed by atoms with E-state index in [9.17, 15) is 9.59 Å². The maximum atomic E-state index is 12.8. The number of nitrogens with one attached hydrogen (secondary N) is 1. The van der Waals surface area contributed by atoms with E-state index in [0.29, 0.717) is 6.54 Å². The number of amides is 2. The molecular weight excluding hydrogens is 366 g/mol. The summed E-state index contributed by atoms with van der Waals surface area (Å²) in [4.78, 5) is 29.0. The Labute approximate surface area is 171 Å². The van der Waals surface area contributed by atoms with Gasteiger partial charge >= 0.3 is 0 Å². The number of benzene rings is 2. The van der Waals surface area contributed by atoms with Gasteiger partial charge in [-0.25, -0.2) is 0 Å². The summed E-state index contributed by atoms with van der Waals surface area (Å²) in [5, 5.41) is 2.99. The maximum absolute atomic E-state index is 12.8. The van der Waals surface area contributed by atoms with E-state index < -0.39 is 0 Å². The smallest absolute Gasteiger partial charge is 0.226 e. The summed E-state index contributed by atoms with van der Waals surface area (Å²) in [6.45, 7) is 5.48. The van der Waals surface area contributed by atoms with Crippen molar-refractivity contribution in [1.82, 2.24) is 4.90 Å². The van der Waals surface area contributed by atoms with Crippen molar-refractivity contribution in [1.29, 1.82) is 0 Å². The molecule has 1 N–H and O–H groups in total. The number of fused-ring (bicyclic) bond motifs is 1. The first-order valence-electron chi connectivity index (χ1n) is 10.2. The van der Waals surface area contributed by atoms with Crippen LogP contribution in [0.3, 0.4) is 0 Å². The van der Waals surface area contributed by atoms with Gasteiger partial charge in [-0.2, -0.15) is 0 Å². The Balaban J connectivity index is 1.44. The molecule has 0 aromatic heterocycles. The van der Waals surface area contributed by atoms with Crippen LogP contribution < -0.4 is 10.2 Å². The number of hydrogen-bond donors (Lipinski definition) is 1. The Morgan fingerprint density at radius 3 is 2.48 bits per heavy atom. The molecule has 1 unspecified atom stereocenters. The van der Waals surface area contributed by atoms with Crippen LogP contribution in [-0.4, -0.2) is 49.6 Å². The Morgan fingerprint density at radius 2 is 1.76 bits per heavy atom. The molecule has 2 aliphatic heterocycles. The summed E-state index contributed by atoms with van der Waals surface area (Å²) in [5.74, 6) is -0.0794. The standard InChI is InChI=1S/C23H27N3O3/c1-17(27)26-11-10-18-4-2-3-5-21(18)22(26)16-23(28)24-19-6-8-20(9-7-19)25-12-14-29-15-13-25/h2-9,22H,10-16H2,1H3,(H,24,28). The average molecular weight is 393 g/mol. The highest BCUT2D eigenvalue weighted by Crippen LogP contribution is 2.32. The van der Waals surface area contributed by atoms with Gasteiger partial charge in [0.1, 0.15) is 0 Å². The predicted octanol–water partition coefficient (Wildman–Crippen LogP) is 3.00. The highest BCUT2D eigenvalue weighted by atomic mass is 16.5. The van der Waals surface area contributed by atoms with Crippen molar-refractivity contribution in [2.24, 2.45) is 0 Å². The molecule has 2 aromatic carbocycles. The molecular formula is C23H27N3O3. The molecule has 2 aromatic rings. The van der Waals surface area contributed by atoms with Crippen molar-refractivity contribution in [3.05, 3.63) is 59.7 Å². The van der Waals surface area contributed by atoms with Crippen LogP contribution in [0.4, 0.5) is 11.4 Å². The van der Waals surface area contributed by atoms with E-state index in [4.69, 9.17) is 4.74 Å². The number of anilines is 2. The van der Waals surface area contributed by atoms with Crippen LogP contribution in [0.2, 0.25) is 0 Å². The summed E-state index contributed by atoms with van der Waals surface area (Å²) in [7, 11) is 0. The summed E-state index contributed by atoms with van der Waals surface area (Å²) in [5.41, 5.74) is 4.20. The van der Waals surface area contributed by atoms with E-state index in [1.165, 1.54) is 5.56 Å². The molecule has 2 heterocycles. The lowest BCUT2D eigenvalue weighted by molar-refractivity contribution is -0.132. The maximum Gasteiger partial charge on any atom is 0.226 e. The second-order valence-corrected chi connectivity index (χ2v) is 7.58. The first kappa shape index (κ1) is 19.5. The molecule has 2 aliphatic rings. The largest absolute Gasteiger partial charge is 0.378 e. The molecule has 0 radical (unpaired) electrons. The normalized spacial score (nSPS) is 18.9. The van der Waals surface area contributed by atoms with Crippen LogP contribution in [0.1, 0.15) is 30.5 Å². The quantitative estimate of drug-likeness (QED) is 0.868. The number of rotatable bonds is 4. The topological polar surface area (TPSA) is 61.9 Å². The Bertz CT molecular complexity index is 875. The SMILES string of the molecule is CC(=O)N1CCc2ccccc2C1CC(=O)Nc1ccc(N2CCOCC2)cc1. The molecule has 0 aliphatic carbocycles. The van der Waals surface area contributed by atoms with Crippen LogP contribution in [0.25, 0.3) is 0 Å². The molecule has 4 rings (SSSR count). The third kappa shape index (κ3) is 4.43. The van der Waals surface area contributed by atoms with Crippen molar-refractivity contribution >= 4 is 23.2 Å². The lowest BCUT2D eigenvalue weighted by Gasteiger charge is -2.36. The van der Waals surface area contributed by atoms with Gasteiger partial charge in [-0.1, -0.05) is 24.3 Å². The minimum absolute atomic E-state index is 0.00664. The Kier molecular flexibility index (Phi) is 5.81. The monoisotopic (exact) mass is 393 g/mol. The lowest BCUT2D eigenvalue weighted by Crippen LogP contribution is -2.40. The minimum Gasteiger partial charge on any atom is -0.378 e. The summed E-state index contributed by atoms with van der Waals surface area (Å²) < 4.78 is 5.39. The number of hydrogen-bond acceptors (Lipinski definition) is 4. The molecule has 1 saturated heterocycles. The van der Waals surface area contributed by atoms with Crippen molar-refractivity contribution in [3.63, 3.8) is 0 Å². The molecule has 6 nitrogen and oxygen atoms in total. The molecule has 1 fully saturated rings. The minimum atomic E-state index is -0.218.